The van der Waals surface area contributed by atoms with Gasteiger partial charge < -0.3 is 10.0 Å². The van der Waals surface area contributed by atoms with Crippen LogP contribution in [0.25, 0.3) is 0 Å². The molecule has 0 saturated carbocycles. The van der Waals surface area contributed by atoms with Gasteiger partial charge in [0.15, 0.2) is 0 Å². The SMILES string of the molecule is O=C(O)C1CCN(C(=O)Cc2cccc(Br)c2)CC1. The standard InChI is InChI=1S/C14H16BrNO3/c15-12-3-1-2-10(8-12)9-13(17)16-6-4-11(5-7-16)14(18)19/h1-3,8,11H,4-7,9H2,(H,18,19). The van der Waals surface area contributed by atoms with Crippen LogP contribution in [-0.2, 0) is 16.0 Å². The number of aliphatic carboxylic acids is 1. The van der Waals surface area contributed by atoms with Crippen LogP contribution < -0.4 is 0 Å². The smallest absolute Gasteiger partial charge is 0.306 e. The fourth-order valence-electron chi connectivity index (χ4n) is 2.31. The number of halogens is 1. The summed E-state index contributed by atoms with van der Waals surface area (Å²) in [6.07, 6.45) is 1.48. The Labute approximate surface area is 120 Å². The molecule has 0 aliphatic carbocycles. The highest BCUT2D eigenvalue weighted by Gasteiger charge is 2.26. The number of hydrogen-bond donors (Lipinski definition) is 1. The number of rotatable bonds is 3. The number of nitrogens with zero attached hydrogens (tertiary/aromatic N) is 1. The average Bonchev–Trinajstić information content (AvgIpc) is 2.39. The van der Waals surface area contributed by atoms with Gasteiger partial charge in [-0.2, -0.15) is 0 Å². The molecule has 0 aromatic heterocycles. The molecule has 1 amide bonds. The summed E-state index contributed by atoms with van der Waals surface area (Å²) in [5, 5.41) is 8.92. The summed E-state index contributed by atoms with van der Waals surface area (Å²) < 4.78 is 0.961. The minimum absolute atomic E-state index is 0.0712. The summed E-state index contributed by atoms with van der Waals surface area (Å²) in [6, 6.07) is 7.68. The molecule has 0 radical (unpaired) electrons. The number of carboxylic acids is 1. The van der Waals surface area contributed by atoms with Crippen molar-refractivity contribution in [2.75, 3.05) is 13.1 Å². The third kappa shape index (κ3) is 3.80. The minimum Gasteiger partial charge on any atom is -0.481 e. The van der Waals surface area contributed by atoms with Crippen LogP contribution in [0.1, 0.15) is 18.4 Å². The quantitative estimate of drug-likeness (QED) is 0.927. The molecule has 1 fully saturated rings. The van der Waals surface area contributed by atoms with Crippen LogP contribution in [0, 0.1) is 5.92 Å². The number of carboxylic acid groups (broad SMARTS) is 1. The molecule has 4 nitrogen and oxygen atoms in total. The van der Waals surface area contributed by atoms with Gasteiger partial charge in [0.05, 0.1) is 12.3 Å². The van der Waals surface area contributed by atoms with E-state index in [2.05, 4.69) is 15.9 Å². The van der Waals surface area contributed by atoms with Gasteiger partial charge in [0.1, 0.15) is 0 Å². The summed E-state index contributed by atoms with van der Waals surface area (Å²) in [5.74, 6) is -0.976. The van der Waals surface area contributed by atoms with Gasteiger partial charge in [0, 0.05) is 17.6 Å². The second kappa shape index (κ2) is 6.19. The van der Waals surface area contributed by atoms with Crippen LogP contribution in [0.5, 0.6) is 0 Å². The Morgan fingerprint density at radius 2 is 2.00 bits per heavy atom. The molecule has 1 aliphatic heterocycles. The molecule has 1 heterocycles. The number of likely N-dealkylation sites (tertiary alicyclic amines) is 1. The van der Waals surface area contributed by atoms with Crippen molar-refractivity contribution in [1.82, 2.24) is 4.90 Å². The van der Waals surface area contributed by atoms with Gasteiger partial charge >= 0.3 is 5.97 Å². The largest absolute Gasteiger partial charge is 0.481 e. The van der Waals surface area contributed by atoms with Crippen LogP contribution in [0.2, 0.25) is 0 Å². The molecule has 102 valence electrons. The van der Waals surface area contributed by atoms with Gasteiger partial charge in [0.2, 0.25) is 5.91 Å². The first-order valence-corrected chi connectivity index (χ1v) is 7.10. The summed E-state index contributed by atoms with van der Waals surface area (Å²) in [4.78, 5) is 24.7. The third-order valence-electron chi connectivity index (χ3n) is 3.44. The zero-order valence-corrected chi connectivity index (χ0v) is 12.1. The number of benzene rings is 1. The Balaban J connectivity index is 1.90. The van der Waals surface area contributed by atoms with Crippen molar-refractivity contribution in [2.24, 2.45) is 5.92 Å². The lowest BCUT2D eigenvalue weighted by Gasteiger charge is -2.30. The molecule has 1 N–H and O–H groups in total. The monoisotopic (exact) mass is 325 g/mol. The summed E-state index contributed by atoms with van der Waals surface area (Å²) in [5.41, 5.74) is 0.972. The second-order valence-corrected chi connectivity index (χ2v) is 5.72. The first-order valence-electron chi connectivity index (χ1n) is 6.31. The number of hydrogen-bond acceptors (Lipinski definition) is 2. The number of amides is 1. The molecule has 0 unspecified atom stereocenters. The van der Waals surface area contributed by atoms with Crippen molar-refractivity contribution in [3.8, 4) is 0 Å². The van der Waals surface area contributed by atoms with E-state index in [0.29, 0.717) is 32.4 Å². The van der Waals surface area contributed by atoms with Gasteiger partial charge in [-0.25, -0.2) is 0 Å². The Kier molecular flexibility index (Phi) is 4.58. The highest BCUT2D eigenvalue weighted by atomic mass is 79.9. The van der Waals surface area contributed by atoms with E-state index in [0.717, 1.165) is 10.0 Å². The van der Waals surface area contributed by atoms with Crippen LogP contribution in [-0.4, -0.2) is 35.0 Å². The number of carbonyl (C=O) groups excluding carboxylic acids is 1. The molecule has 1 aliphatic rings. The van der Waals surface area contributed by atoms with E-state index >= 15 is 0 Å². The maximum atomic E-state index is 12.1. The predicted octanol–water partition coefficient (Wildman–Crippen LogP) is 2.31. The Morgan fingerprint density at radius 3 is 2.58 bits per heavy atom. The summed E-state index contributed by atoms with van der Waals surface area (Å²) in [6.45, 7) is 1.09. The van der Waals surface area contributed by atoms with E-state index in [-0.39, 0.29) is 11.8 Å². The van der Waals surface area contributed by atoms with E-state index in [4.69, 9.17) is 5.11 Å². The predicted molar refractivity (Wildman–Crippen MR) is 74.8 cm³/mol. The highest BCUT2D eigenvalue weighted by Crippen LogP contribution is 2.19. The molecule has 2 rings (SSSR count). The van der Waals surface area contributed by atoms with Crippen LogP contribution >= 0.6 is 15.9 Å². The van der Waals surface area contributed by atoms with Crippen molar-refractivity contribution in [1.29, 1.82) is 0 Å². The lowest BCUT2D eigenvalue weighted by atomic mass is 9.96. The van der Waals surface area contributed by atoms with E-state index in [9.17, 15) is 9.59 Å². The molecule has 1 aromatic rings. The van der Waals surface area contributed by atoms with Gasteiger partial charge in [0.25, 0.3) is 0 Å². The molecule has 0 bridgehead atoms. The fourth-order valence-corrected chi connectivity index (χ4v) is 2.76. The molecule has 5 heteroatoms. The normalized spacial score (nSPS) is 16.4. The first-order chi connectivity index (χ1) is 9.06. The Bertz CT molecular complexity index is 481. The van der Waals surface area contributed by atoms with Gasteiger partial charge in [-0.05, 0) is 30.5 Å². The number of carbonyl (C=O) groups is 2. The van der Waals surface area contributed by atoms with Gasteiger partial charge in [-0.15, -0.1) is 0 Å². The molecular formula is C14H16BrNO3. The maximum Gasteiger partial charge on any atom is 0.306 e. The zero-order valence-electron chi connectivity index (χ0n) is 10.5. The number of piperidine rings is 1. The first kappa shape index (κ1) is 14.1. The molecular weight excluding hydrogens is 310 g/mol. The molecule has 0 spiro atoms. The van der Waals surface area contributed by atoms with Crippen molar-refractivity contribution in [3.05, 3.63) is 34.3 Å². The Hall–Kier alpha value is -1.36. The van der Waals surface area contributed by atoms with E-state index in [1.807, 2.05) is 24.3 Å². The minimum atomic E-state index is -0.751. The maximum absolute atomic E-state index is 12.1. The fraction of sp³-hybridized carbons (Fsp3) is 0.429. The van der Waals surface area contributed by atoms with E-state index < -0.39 is 5.97 Å². The van der Waals surface area contributed by atoms with E-state index in [1.165, 1.54) is 0 Å². The van der Waals surface area contributed by atoms with Crippen LogP contribution in [0.3, 0.4) is 0 Å². The lowest BCUT2D eigenvalue weighted by Crippen LogP contribution is -2.40. The van der Waals surface area contributed by atoms with Crippen molar-refractivity contribution < 1.29 is 14.7 Å². The zero-order chi connectivity index (χ0) is 13.8. The van der Waals surface area contributed by atoms with Gasteiger partial charge in [-0.1, -0.05) is 28.1 Å². The summed E-state index contributed by atoms with van der Waals surface area (Å²) in [7, 11) is 0. The molecule has 19 heavy (non-hydrogen) atoms. The molecule has 1 saturated heterocycles. The van der Waals surface area contributed by atoms with Crippen molar-refractivity contribution in [2.45, 2.75) is 19.3 Å². The topological polar surface area (TPSA) is 57.6 Å². The molecule has 0 atom stereocenters. The lowest BCUT2D eigenvalue weighted by molar-refractivity contribution is -0.145. The second-order valence-electron chi connectivity index (χ2n) is 4.80. The molecule has 1 aromatic carbocycles. The highest BCUT2D eigenvalue weighted by molar-refractivity contribution is 9.10. The third-order valence-corrected chi connectivity index (χ3v) is 3.93. The van der Waals surface area contributed by atoms with Crippen molar-refractivity contribution in [3.63, 3.8) is 0 Å². The van der Waals surface area contributed by atoms with Gasteiger partial charge in [-0.3, -0.25) is 9.59 Å². The van der Waals surface area contributed by atoms with E-state index in [1.54, 1.807) is 4.90 Å². The average molecular weight is 326 g/mol. The summed E-state index contributed by atoms with van der Waals surface area (Å²) >= 11 is 3.38. The Morgan fingerprint density at radius 1 is 1.32 bits per heavy atom. The van der Waals surface area contributed by atoms with Crippen LogP contribution in [0.4, 0.5) is 0 Å². The van der Waals surface area contributed by atoms with Crippen LogP contribution in [0.15, 0.2) is 28.7 Å². The van der Waals surface area contributed by atoms with Crippen molar-refractivity contribution >= 4 is 27.8 Å².